The van der Waals surface area contributed by atoms with E-state index >= 15 is 0 Å². The Kier molecular flexibility index (Phi) is 4.77. The first kappa shape index (κ1) is 15.9. The molecule has 8 heteroatoms. The van der Waals surface area contributed by atoms with Crippen LogP contribution in [0.25, 0.3) is 0 Å². The highest BCUT2D eigenvalue weighted by Crippen LogP contribution is 2.33. The van der Waals surface area contributed by atoms with Crippen LogP contribution in [0.5, 0.6) is 11.5 Å². The lowest BCUT2D eigenvalue weighted by Crippen LogP contribution is -2.48. The number of hydrogen-bond donors (Lipinski definition) is 0. The summed E-state index contributed by atoms with van der Waals surface area (Å²) in [5, 5.41) is 0. The molecule has 1 fully saturated rings. The first-order valence-electron chi connectivity index (χ1n) is 7.29. The Labute approximate surface area is 135 Å². The molecule has 1 saturated heterocycles. The van der Waals surface area contributed by atoms with E-state index in [9.17, 15) is 8.42 Å². The molecule has 2 heterocycles. The molecule has 1 aromatic carbocycles. The number of benzene rings is 1. The highest BCUT2D eigenvalue weighted by Gasteiger charge is 2.29. The molecule has 22 heavy (non-hydrogen) atoms. The maximum atomic E-state index is 12.7. The quantitative estimate of drug-likeness (QED) is 0.761. The Morgan fingerprint density at radius 2 is 1.73 bits per heavy atom. The van der Waals surface area contributed by atoms with Crippen LogP contribution in [0.2, 0.25) is 0 Å². The van der Waals surface area contributed by atoms with Crippen molar-refractivity contribution in [1.82, 2.24) is 9.21 Å². The van der Waals surface area contributed by atoms with Crippen LogP contribution in [0.15, 0.2) is 23.1 Å². The molecule has 6 nitrogen and oxygen atoms in total. The van der Waals surface area contributed by atoms with Gasteiger partial charge in [-0.15, -0.1) is 11.6 Å². The number of halogens is 1. The van der Waals surface area contributed by atoms with Gasteiger partial charge in [-0.1, -0.05) is 0 Å². The van der Waals surface area contributed by atoms with E-state index in [4.69, 9.17) is 21.1 Å². The number of sulfonamides is 1. The van der Waals surface area contributed by atoms with Crippen molar-refractivity contribution in [2.45, 2.75) is 4.90 Å². The lowest BCUT2D eigenvalue weighted by molar-refractivity contribution is 0.171. The summed E-state index contributed by atoms with van der Waals surface area (Å²) in [5.41, 5.74) is 0. The molecule has 122 valence electrons. The molecule has 0 aliphatic carbocycles. The van der Waals surface area contributed by atoms with Gasteiger partial charge in [-0.2, -0.15) is 4.31 Å². The number of ether oxygens (including phenoxy) is 2. The van der Waals surface area contributed by atoms with Gasteiger partial charge in [0.15, 0.2) is 11.5 Å². The Balaban J connectivity index is 1.76. The first-order valence-corrected chi connectivity index (χ1v) is 9.27. The summed E-state index contributed by atoms with van der Waals surface area (Å²) < 4.78 is 37.9. The topological polar surface area (TPSA) is 59.1 Å². The van der Waals surface area contributed by atoms with E-state index in [0.29, 0.717) is 56.8 Å². The minimum Gasteiger partial charge on any atom is -0.486 e. The smallest absolute Gasteiger partial charge is 0.243 e. The van der Waals surface area contributed by atoms with Gasteiger partial charge in [0.2, 0.25) is 10.0 Å². The number of alkyl halides is 1. The number of nitrogens with zero attached hydrogens (tertiary/aromatic N) is 2. The van der Waals surface area contributed by atoms with E-state index in [1.165, 1.54) is 4.31 Å². The number of rotatable bonds is 4. The maximum absolute atomic E-state index is 12.7. The first-order chi connectivity index (χ1) is 10.6. The maximum Gasteiger partial charge on any atom is 0.243 e. The summed E-state index contributed by atoms with van der Waals surface area (Å²) in [6.07, 6.45) is 0. The van der Waals surface area contributed by atoms with E-state index in [2.05, 4.69) is 4.90 Å². The standard InChI is InChI=1S/C14H19ClN2O4S/c15-3-4-16-5-7-17(8-6-16)22(18,19)12-1-2-13-14(11-12)21-10-9-20-13/h1-2,11H,3-10H2. The van der Waals surface area contributed by atoms with Crippen molar-refractivity contribution in [3.63, 3.8) is 0 Å². The van der Waals surface area contributed by atoms with Gasteiger partial charge in [-0.05, 0) is 12.1 Å². The van der Waals surface area contributed by atoms with Gasteiger partial charge < -0.3 is 9.47 Å². The molecule has 2 aliphatic rings. The Hall–Kier alpha value is -1.02. The van der Waals surface area contributed by atoms with Crippen LogP contribution in [0, 0.1) is 0 Å². The summed E-state index contributed by atoms with van der Waals surface area (Å²) in [7, 11) is -3.50. The Bertz CT molecular complexity index is 630. The summed E-state index contributed by atoms with van der Waals surface area (Å²) in [6.45, 7) is 4.09. The second kappa shape index (κ2) is 6.62. The molecule has 0 saturated carbocycles. The van der Waals surface area contributed by atoms with Gasteiger partial charge in [0.25, 0.3) is 0 Å². The zero-order valence-electron chi connectivity index (χ0n) is 12.2. The van der Waals surface area contributed by atoms with Gasteiger partial charge in [0.1, 0.15) is 13.2 Å². The molecule has 0 unspecified atom stereocenters. The lowest BCUT2D eigenvalue weighted by Gasteiger charge is -2.33. The van der Waals surface area contributed by atoms with Crippen LogP contribution < -0.4 is 9.47 Å². The Morgan fingerprint density at radius 1 is 1.05 bits per heavy atom. The summed E-state index contributed by atoms with van der Waals surface area (Å²) in [6, 6.07) is 4.79. The van der Waals surface area contributed by atoms with Crippen molar-refractivity contribution in [2.24, 2.45) is 0 Å². The summed E-state index contributed by atoms with van der Waals surface area (Å²) >= 11 is 5.73. The monoisotopic (exact) mass is 346 g/mol. The molecule has 2 aliphatic heterocycles. The largest absolute Gasteiger partial charge is 0.486 e. The van der Waals surface area contributed by atoms with Gasteiger partial charge in [-0.25, -0.2) is 8.42 Å². The lowest BCUT2D eigenvalue weighted by atomic mass is 10.3. The van der Waals surface area contributed by atoms with Crippen LogP contribution in [0.4, 0.5) is 0 Å². The van der Waals surface area contributed by atoms with E-state index in [-0.39, 0.29) is 4.90 Å². The number of hydrogen-bond acceptors (Lipinski definition) is 5. The third-order valence-electron chi connectivity index (χ3n) is 3.88. The molecule has 0 radical (unpaired) electrons. The average molecular weight is 347 g/mol. The van der Waals surface area contributed by atoms with Crippen molar-refractivity contribution in [1.29, 1.82) is 0 Å². The second-order valence-electron chi connectivity index (χ2n) is 5.24. The minimum atomic E-state index is -3.50. The van der Waals surface area contributed by atoms with E-state index in [1.807, 2.05) is 0 Å². The predicted molar refractivity (Wildman–Crippen MR) is 83.4 cm³/mol. The van der Waals surface area contributed by atoms with E-state index in [0.717, 1.165) is 6.54 Å². The third kappa shape index (κ3) is 3.17. The van der Waals surface area contributed by atoms with Crippen LogP contribution in [0.1, 0.15) is 0 Å². The normalized spacial score (nSPS) is 20.0. The van der Waals surface area contributed by atoms with Crippen LogP contribution >= 0.6 is 11.6 Å². The molecule has 0 spiro atoms. The molecule has 3 rings (SSSR count). The fourth-order valence-electron chi connectivity index (χ4n) is 2.65. The summed E-state index contributed by atoms with van der Waals surface area (Å²) in [4.78, 5) is 2.42. The highest BCUT2D eigenvalue weighted by molar-refractivity contribution is 7.89. The zero-order chi connectivity index (χ0) is 15.6. The van der Waals surface area contributed by atoms with Crippen molar-refractivity contribution < 1.29 is 17.9 Å². The SMILES string of the molecule is O=S(=O)(c1ccc2c(c1)OCCO2)N1CCN(CCCl)CC1. The molecule has 0 N–H and O–H groups in total. The van der Waals surface area contributed by atoms with Crippen LogP contribution in [-0.2, 0) is 10.0 Å². The van der Waals surface area contributed by atoms with Crippen molar-refractivity contribution >= 4 is 21.6 Å². The molecule has 0 bridgehead atoms. The molecule has 1 aromatic rings. The minimum absolute atomic E-state index is 0.252. The van der Waals surface area contributed by atoms with Crippen LogP contribution in [-0.4, -0.2) is 69.4 Å². The summed E-state index contributed by atoms with van der Waals surface area (Å²) in [5.74, 6) is 1.65. The van der Waals surface area contributed by atoms with Crippen molar-refractivity contribution in [2.75, 3.05) is 51.8 Å². The van der Waals surface area contributed by atoms with Gasteiger partial charge in [0, 0.05) is 44.7 Å². The van der Waals surface area contributed by atoms with Crippen molar-refractivity contribution in [3.05, 3.63) is 18.2 Å². The third-order valence-corrected chi connectivity index (χ3v) is 5.95. The average Bonchev–Trinajstić information content (AvgIpc) is 2.55. The van der Waals surface area contributed by atoms with Gasteiger partial charge in [-0.3, -0.25) is 4.90 Å². The zero-order valence-corrected chi connectivity index (χ0v) is 13.8. The predicted octanol–water partition coefficient (Wildman–Crippen LogP) is 1.00. The number of fused-ring (bicyclic) bond motifs is 1. The molecular weight excluding hydrogens is 328 g/mol. The van der Waals surface area contributed by atoms with E-state index < -0.39 is 10.0 Å². The molecule has 0 amide bonds. The highest BCUT2D eigenvalue weighted by atomic mass is 35.5. The van der Waals surface area contributed by atoms with Crippen LogP contribution in [0.3, 0.4) is 0 Å². The second-order valence-corrected chi connectivity index (χ2v) is 7.56. The van der Waals surface area contributed by atoms with Gasteiger partial charge >= 0.3 is 0 Å². The fourth-order valence-corrected chi connectivity index (χ4v) is 4.32. The van der Waals surface area contributed by atoms with E-state index in [1.54, 1.807) is 18.2 Å². The van der Waals surface area contributed by atoms with Crippen molar-refractivity contribution in [3.8, 4) is 11.5 Å². The fraction of sp³-hybridized carbons (Fsp3) is 0.571. The number of piperazine rings is 1. The molecule has 0 aromatic heterocycles. The molecular formula is C14H19ClN2O4S. The Morgan fingerprint density at radius 3 is 2.41 bits per heavy atom. The molecule has 0 atom stereocenters. The van der Waals surface area contributed by atoms with Gasteiger partial charge in [0.05, 0.1) is 4.90 Å².